The van der Waals surface area contributed by atoms with Gasteiger partial charge in [-0.15, -0.1) is 0 Å². The van der Waals surface area contributed by atoms with Gasteiger partial charge in [-0.3, -0.25) is 9.59 Å². The van der Waals surface area contributed by atoms with Crippen molar-refractivity contribution in [3.63, 3.8) is 0 Å². The van der Waals surface area contributed by atoms with Crippen LogP contribution in [0, 0.1) is 5.92 Å². The summed E-state index contributed by atoms with van der Waals surface area (Å²) in [5, 5.41) is 5.74. The Balaban J connectivity index is 1.83. The van der Waals surface area contributed by atoms with Crippen LogP contribution in [0.15, 0.2) is 48.5 Å². The van der Waals surface area contributed by atoms with E-state index < -0.39 is 0 Å². The molecule has 0 saturated heterocycles. The summed E-state index contributed by atoms with van der Waals surface area (Å²) < 4.78 is 7.10. The van der Waals surface area contributed by atoms with Gasteiger partial charge in [0.25, 0.3) is 0 Å². The van der Waals surface area contributed by atoms with E-state index >= 15 is 0 Å². The molecule has 0 unspecified atom stereocenters. The van der Waals surface area contributed by atoms with Gasteiger partial charge >= 0.3 is 0 Å². The normalized spacial score (nSPS) is 10.9. The van der Waals surface area contributed by atoms with Gasteiger partial charge in [-0.1, -0.05) is 38.1 Å². The summed E-state index contributed by atoms with van der Waals surface area (Å²) in [4.78, 5) is 29.2. The van der Waals surface area contributed by atoms with Crippen molar-refractivity contribution in [2.75, 3.05) is 12.4 Å². The SMILES string of the molecule is COc1ccccc1NC(=O)Cn1c(CNC(=O)C(C)C)nc2ccccc21. The van der Waals surface area contributed by atoms with E-state index in [1.807, 2.05) is 54.8 Å². The molecule has 0 radical (unpaired) electrons. The Bertz CT molecular complexity index is 994. The third kappa shape index (κ3) is 4.31. The summed E-state index contributed by atoms with van der Waals surface area (Å²) in [5.74, 6) is 0.842. The number of anilines is 1. The van der Waals surface area contributed by atoms with E-state index in [0.29, 0.717) is 17.3 Å². The van der Waals surface area contributed by atoms with E-state index in [1.54, 1.807) is 19.2 Å². The second-order valence-corrected chi connectivity index (χ2v) is 6.72. The molecule has 0 fully saturated rings. The van der Waals surface area contributed by atoms with Gasteiger partial charge in [-0.05, 0) is 24.3 Å². The minimum atomic E-state index is -0.205. The topological polar surface area (TPSA) is 85.2 Å². The standard InChI is InChI=1S/C21H24N4O3/c1-14(2)21(27)22-12-19-23-15-8-4-6-10-17(15)25(19)13-20(26)24-16-9-5-7-11-18(16)28-3/h4-11,14H,12-13H2,1-3H3,(H,22,27)(H,24,26). The van der Waals surface area contributed by atoms with E-state index in [2.05, 4.69) is 15.6 Å². The maximum atomic E-state index is 12.7. The molecule has 2 amide bonds. The third-order valence-electron chi connectivity index (χ3n) is 4.36. The van der Waals surface area contributed by atoms with E-state index in [1.165, 1.54) is 0 Å². The molecule has 1 aromatic heterocycles. The molecule has 0 saturated carbocycles. The fourth-order valence-electron chi connectivity index (χ4n) is 2.89. The van der Waals surface area contributed by atoms with Crippen LogP contribution in [-0.4, -0.2) is 28.5 Å². The lowest BCUT2D eigenvalue weighted by molar-refractivity contribution is -0.124. The van der Waals surface area contributed by atoms with Gasteiger partial charge in [0.2, 0.25) is 11.8 Å². The number of para-hydroxylation sites is 4. The lowest BCUT2D eigenvalue weighted by atomic mass is 10.2. The Hall–Kier alpha value is -3.35. The van der Waals surface area contributed by atoms with Gasteiger partial charge in [0.15, 0.2) is 0 Å². The Morgan fingerprint density at radius 1 is 1.11 bits per heavy atom. The number of carbonyl (C=O) groups is 2. The molecule has 0 spiro atoms. The van der Waals surface area contributed by atoms with Crippen molar-refractivity contribution in [1.82, 2.24) is 14.9 Å². The number of benzene rings is 2. The van der Waals surface area contributed by atoms with E-state index in [9.17, 15) is 9.59 Å². The number of nitrogens with one attached hydrogen (secondary N) is 2. The highest BCUT2D eigenvalue weighted by Gasteiger charge is 2.16. The van der Waals surface area contributed by atoms with Crippen molar-refractivity contribution in [1.29, 1.82) is 0 Å². The molecule has 3 aromatic rings. The molecule has 28 heavy (non-hydrogen) atoms. The molecule has 2 N–H and O–H groups in total. The number of methoxy groups -OCH3 is 1. The third-order valence-corrected chi connectivity index (χ3v) is 4.36. The molecule has 0 aliphatic carbocycles. The van der Waals surface area contributed by atoms with Gasteiger partial charge in [0.1, 0.15) is 18.1 Å². The first-order chi connectivity index (χ1) is 13.5. The van der Waals surface area contributed by atoms with Crippen LogP contribution in [0.25, 0.3) is 11.0 Å². The van der Waals surface area contributed by atoms with Crippen LogP contribution in [0.4, 0.5) is 5.69 Å². The molecule has 0 aliphatic heterocycles. The molecule has 7 nitrogen and oxygen atoms in total. The predicted molar refractivity (Wildman–Crippen MR) is 108 cm³/mol. The Morgan fingerprint density at radius 2 is 1.82 bits per heavy atom. The number of nitrogens with zero attached hydrogens (tertiary/aromatic N) is 2. The number of fused-ring (bicyclic) bond motifs is 1. The number of ether oxygens (including phenoxy) is 1. The van der Waals surface area contributed by atoms with E-state index in [-0.39, 0.29) is 30.8 Å². The predicted octanol–water partition coefficient (Wildman–Crippen LogP) is 2.96. The lowest BCUT2D eigenvalue weighted by Gasteiger charge is -2.13. The highest BCUT2D eigenvalue weighted by Crippen LogP contribution is 2.23. The lowest BCUT2D eigenvalue weighted by Crippen LogP contribution is -2.29. The highest BCUT2D eigenvalue weighted by molar-refractivity contribution is 5.93. The molecule has 2 aromatic carbocycles. The second kappa shape index (κ2) is 8.56. The maximum Gasteiger partial charge on any atom is 0.244 e. The smallest absolute Gasteiger partial charge is 0.244 e. The van der Waals surface area contributed by atoms with Crippen molar-refractivity contribution in [3.8, 4) is 5.75 Å². The molecule has 0 bridgehead atoms. The largest absolute Gasteiger partial charge is 0.495 e. The summed E-state index contributed by atoms with van der Waals surface area (Å²) in [7, 11) is 1.56. The number of rotatable bonds is 7. The Morgan fingerprint density at radius 3 is 2.57 bits per heavy atom. The zero-order valence-electron chi connectivity index (χ0n) is 16.2. The van der Waals surface area contributed by atoms with Crippen molar-refractivity contribution >= 4 is 28.5 Å². The second-order valence-electron chi connectivity index (χ2n) is 6.72. The van der Waals surface area contributed by atoms with Gasteiger partial charge in [-0.2, -0.15) is 0 Å². The van der Waals surface area contributed by atoms with Crippen molar-refractivity contribution in [2.45, 2.75) is 26.9 Å². The number of hydrogen-bond acceptors (Lipinski definition) is 4. The van der Waals surface area contributed by atoms with Crippen LogP contribution in [0.5, 0.6) is 5.75 Å². The molecular formula is C21H24N4O3. The van der Waals surface area contributed by atoms with Gasteiger partial charge in [0.05, 0.1) is 30.4 Å². The van der Waals surface area contributed by atoms with Crippen LogP contribution in [0.1, 0.15) is 19.7 Å². The molecular weight excluding hydrogens is 356 g/mol. The van der Waals surface area contributed by atoms with Crippen LogP contribution >= 0.6 is 0 Å². The zero-order chi connectivity index (χ0) is 20.1. The minimum absolute atomic E-state index is 0.0583. The number of imidazole rings is 1. The van der Waals surface area contributed by atoms with Gasteiger partial charge in [-0.25, -0.2) is 4.98 Å². The summed E-state index contributed by atoms with van der Waals surface area (Å²) in [5.41, 5.74) is 2.22. The van der Waals surface area contributed by atoms with Crippen LogP contribution in [0.2, 0.25) is 0 Å². The Kier molecular flexibility index (Phi) is 5.93. The van der Waals surface area contributed by atoms with E-state index in [0.717, 1.165) is 11.0 Å². The number of amides is 2. The monoisotopic (exact) mass is 380 g/mol. The van der Waals surface area contributed by atoms with Crippen LogP contribution in [0.3, 0.4) is 0 Å². The first-order valence-corrected chi connectivity index (χ1v) is 9.14. The first kappa shape index (κ1) is 19.4. The van der Waals surface area contributed by atoms with Crippen LogP contribution < -0.4 is 15.4 Å². The van der Waals surface area contributed by atoms with E-state index in [4.69, 9.17) is 4.74 Å². The van der Waals surface area contributed by atoms with Gasteiger partial charge < -0.3 is 19.9 Å². The molecule has 7 heteroatoms. The average Bonchev–Trinajstić information content (AvgIpc) is 3.03. The first-order valence-electron chi connectivity index (χ1n) is 9.14. The summed E-state index contributed by atoms with van der Waals surface area (Å²) >= 11 is 0. The molecule has 3 rings (SSSR count). The molecule has 1 heterocycles. The Labute approximate surface area is 163 Å². The molecule has 0 aliphatic rings. The molecule has 146 valence electrons. The van der Waals surface area contributed by atoms with Crippen molar-refractivity contribution in [3.05, 3.63) is 54.4 Å². The van der Waals surface area contributed by atoms with Crippen LogP contribution in [-0.2, 0) is 22.7 Å². The summed E-state index contributed by atoms with van der Waals surface area (Å²) in [6, 6.07) is 14.8. The summed E-state index contributed by atoms with van der Waals surface area (Å²) in [6.45, 7) is 4.00. The molecule has 0 atom stereocenters. The zero-order valence-corrected chi connectivity index (χ0v) is 16.2. The van der Waals surface area contributed by atoms with Crippen molar-refractivity contribution in [2.24, 2.45) is 5.92 Å². The summed E-state index contributed by atoms with van der Waals surface area (Å²) in [6.07, 6.45) is 0. The number of aromatic nitrogens is 2. The minimum Gasteiger partial charge on any atom is -0.495 e. The maximum absolute atomic E-state index is 12.7. The fraction of sp³-hybridized carbons (Fsp3) is 0.286. The quantitative estimate of drug-likeness (QED) is 0.660. The number of carbonyl (C=O) groups excluding carboxylic acids is 2. The van der Waals surface area contributed by atoms with Gasteiger partial charge in [0, 0.05) is 5.92 Å². The number of hydrogen-bond donors (Lipinski definition) is 2. The fourth-order valence-corrected chi connectivity index (χ4v) is 2.89. The average molecular weight is 380 g/mol. The van der Waals surface area contributed by atoms with Crippen molar-refractivity contribution < 1.29 is 14.3 Å². The highest BCUT2D eigenvalue weighted by atomic mass is 16.5.